The Kier molecular flexibility index (Phi) is 5.72. The summed E-state index contributed by atoms with van der Waals surface area (Å²) in [5, 5.41) is 12.0. The fourth-order valence-electron chi connectivity index (χ4n) is 3.34. The molecule has 3 amide bonds. The Balaban J connectivity index is 1.75. The van der Waals surface area contributed by atoms with Gasteiger partial charge >= 0.3 is 12.0 Å². The maximum atomic E-state index is 12.4. The average Bonchev–Trinajstić information content (AvgIpc) is 2.54. The molecule has 0 aromatic rings. The molecule has 0 unspecified atom stereocenters. The summed E-state index contributed by atoms with van der Waals surface area (Å²) in [6.07, 6.45) is 2.67. The predicted molar refractivity (Wildman–Crippen MR) is 89.5 cm³/mol. The number of rotatable bonds is 2. The Bertz CT molecular complexity index is 485. The molecule has 2 N–H and O–H groups in total. The quantitative estimate of drug-likeness (QED) is 0.798. The van der Waals surface area contributed by atoms with Crippen LogP contribution in [0.3, 0.4) is 0 Å². The lowest BCUT2D eigenvalue weighted by molar-refractivity contribution is -0.143. The number of carbonyl (C=O) groups excluding carboxylic acids is 2. The monoisotopic (exact) mass is 339 g/mol. The summed E-state index contributed by atoms with van der Waals surface area (Å²) >= 11 is 0. The van der Waals surface area contributed by atoms with Crippen molar-refractivity contribution in [3.05, 3.63) is 0 Å². The Labute approximate surface area is 143 Å². The third-order valence-corrected chi connectivity index (χ3v) is 4.90. The summed E-state index contributed by atoms with van der Waals surface area (Å²) < 4.78 is 0. The lowest BCUT2D eigenvalue weighted by atomic mass is 9.86. The number of hydrogen-bond donors (Lipinski definition) is 2. The summed E-state index contributed by atoms with van der Waals surface area (Å²) in [6, 6.07) is -0.0426. The van der Waals surface area contributed by atoms with Crippen LogP contribution in [0.2, 0.25) is 0 Å². The molecule has 2 rings (SSSR count). The second-order valence-electron chi connectivity index (χ2n) is 7.87. The number of aliphatic carboxylic acids is 1. The SMILES string of the molecule is CC(C)(C)C(=O)N1CCN(C(=O)NC2CCC(C(=O)O)CC2)CC1. The van der Waals surface area contributed by atoms with Crippen molar-refractivity contribution in [3.63, 3.8) is 0 Å². The summed E-state index contributed by atoms with van der Waals surface area (Å²) in [4.78, 5) is 39.1. The zero-order chi connectivity index (χ0) is 17.9. The molecular formula is C17H29N3O4. The van der Waals surface area contributed by atoms with E-state index in [2.05, 4.69) is 5.32 Å². The van der Waals surface area contributed by atoms with Gasteiger partial charge in [-0.3, -0.25) is 9.59 Å². The Morgan fingerprint density at radius 3 is 1.88 bits per heavy atom. The van der Waals surface area contributed by atoms with Gasteiger partial charge in [0.2, 0.25) is 5.91 Å². The number of hydrogen-bond acceptors (Lipinski definition) is 3. The minimum atomic E-state index is -0.737. The van der Waals surface area contributed by atoms with Gasteiger partial charge in [-0.2, -0.15) is 0 Å². The number of carbonyl (C=O) groups is 3. The summed E-state index contributed by atoms with van der Waals surface area (Å²) in [5.74, 6) is -0.890. The normalized spacial score (nSPS) is 25.3. The number of nitrogens with zero attached hydrogens (tertiary/aromatic N) is 2. The largest absolute Gasteiger partial charge is 0.481 e. The molecule has 136 valence electrons. The lowest BCUT2D eigenvalue weighted by Gasteiger charge is -2.38. The van der Waals surface area contributed by atoms with Crippen LogP contribution in [0.5, 0.6) is 0 Å². The molecule has 1 aliphatic carbocycles. The first-order valence-corrected chi connectivity index (χ1v) is 8.76. The minimum absolute atomic E-state index is 0.0577. The van der Waals surface area contributed by atoms with Gasteiger partial charge in [-0.05, 0) is 25.7 Å². The molecule has 1 aliphatic heterocycles. The number of carboxylic acids is 1. The van der Waals surface area contributed by atoms with Crippen molar-refractivity contribution >= 4 is 17.9 Å². The van der Waals surface area contributed by atoms with Crippen LogP contribution in [0.15, 0.2) is 0 Å². The number of amides is 3. The van der Waals surface area contributed by atoms with Crippen molar-refractivity contribution in [2.24, 2.45) is 11.3 Å². The van der Waals surface area contributed by atoms with Crippen molar-refractivity contribution in [1.29, 1.82) is 0 Å². The molecular weight excluding hydrogens is 310 g/mol. The highest BCUT2D eigenvalue weighted by Crippen LogP contribution is 2.24. The molecule has 0 spiro atoms. The van der Waals surface area contributed by atoms with Crippen LogP contribution in [-0.4, -0.2) is 65.0 Å². The van der Waals surface area contributed by atoms with E-state index in [-0.39, 0.29) is 23.9 Å². The van der Waals surface area contributed by atoms with E-state index in [1.54, 1.807) is 4.90 Å². The van der Waals surface area contributed by atoms with E-state index in [0.29, 0.717) is 51.9 Å². The highest BCUT2D eigenvalue weighted by atomic mass is 16.4. The number of piperazine rings is 1. The predicted octanol–water partition coefficient (Wildman–Crippen LogP) is 1.53. The topological polar surface area (TPSA) is 90.0 Å². The molecule has 1 heterocycles. The summed E-state index contributed by atoms with van der Waals surface area (Å²) in [5.41, 5.74) is -0.396. The van der Waals surface area contributed by atoms with Crippen LogP contribution >= 0.6 is 0 Å². The second kappa shape index (κ2) is 7.40. The van der Waals surface area contributed by atoms with E-state index in [0.717, 1.165) is 0 Å². The minimum Gasteiger partial charge on any atom is -0.481 e. The molecule has 0 aromatic carbocycles. The standard InChI is InChI=1S/C17H29N3O4/c1-17(2,3)15(23)19-8-10-20(11-9-19)16(24)18-13-6-4-12(5-7-13)14(21)22/h12-13H,4-11H2,1-3H3,(H,18,24)(H,21,22). The van der Waals surface area contributed by atoms with E-state index in [9.17, 15) is 14.4 Å². The molecule has 0 atom stereocenters. The van der Waals surface area contributed by atoms with Gasteiger partial charge in [-0.25, -0.2) is 4.79 Å². The van der Waals surface area contributed by atoms with Crippen molar-refractivity contribution in [2.45, 2.75) is 52.5 Å². The first-order valence-electron chi connectivity index (χ1n) is 8.76. The third-order valence-electron chi connectivity index (χ3n) is 4.90. The van der Waals surface area contributed by atoms with Crippen molar-refractivity contribution in [2.75, 3.05) is 26.2 Å². The maximum absolute atomic E-state index is 12.4. The van der Waals surface area contributed by atoms with Crippen LogP contribution in [0.25, 0.3) is 0 Å². The molecule has 0 radical (unpaired) electrons. The van der Waals surface area contributed by atoms with Crippen LogP contribution in [0.1, 0.15) is 46.5 Å². The van der Waals surface area contributed by atoms with Gasteiger partial charge in [0.15, 0.2) is 0 Å². The van der Waals surface area contributed by atoms with Crippen LogP contribution in [0, 0.1) is 11.3 Å². The first kappa shape index (κ1) is 18.5. The van der Waals surface area contributed by atoms with E-state index in [1.807, 2.05) is 25.7 Å². The first-order chi connectivity index (χ1) is 11.2. The highest BCUT2D eigenvalue weighted by Gasteiger charge is 2.32. The fraction of sp³-hybridized carbons (Fsp3) is 0.824. The maximum Gasteiger partial charge on any atom is 0.317 e. The van der Waals surface area contributed by atoms with E-state index < -0.39 is 11.4 Å². The lowest BCUT2D eigenvalue weighted by Crippen LogP contribution is -2.56. The number of urea groups is 1. The van der Waals surface area contributed by atoms with Crippen LogP contribution in [0.4, 0.5) is 4.79 Å². The van der Waals surface area contributed by atoms with Gasteiger partial charge in [-0.1, -0.05) is 20.8 Å². The van der Waals surface area contributed by atoms with Crippen LogP contribution < -0.4 is 5.32 Å². The molecule has 7 heteroatoms. The zero-order valence-corrected chi connectivity index (χ0v) is 14.9. The average molecular weight is 339 g/mol. The van der Waals surface area contributed by atoms with Gasteiger partial charge in [0.05, 0.1) is 5.92 Å². The molecule has 2 aliphatic rings. The summed E-state index contributed by atoms with van der Waals surface area (Å²) in [6.45, 7) is 7.92. The molecule has 2 fully saturated rings. The molecule has 0 aromatic heterocycles. The van der Waals surface area contributed by atoms with Gasteiger partial charge in [0.25, 0.3) is 0 Å². The van der Waals surface area contributed by atoms with Crippen molar-refractivity contribution in [1.82, 2.24) is 15.1 Å². The Morgan fingerprint density at radius 1 is 0.917 bits per heavy atom. The third kappa shape index (κ3) is 4.61. The number of carboxylic acid groups (broad SMARTS) is 1. The van der Waals surface area contributed by atoms with Gasteiger partial charge in [0.1, 0.15) is 0 Å². The summed E-state index contributed by atoms with van der Waals surface area (Å²) in [7, 11) is 0. The molecule has 0 bridgehead atoms. The van der Waals surface area contributed by atoms with E-state index in [1.165, 1.54) is 0 Å². The smallest absolute Gasteiger partial charge is 0.317 e. The van der Waals surface area contributed by atoms with Gasteiger partial charge in [-0.15, -0.1) is 0 Å². The van der Waals surface area contributed by atoms with Crippen molar-refractivity contribution < 1.29 is 19.5 Å². The van der Waals surface area contributed by atoms with E-state index >= 15 is 0 Å². The molecule has 1 saturated heterocycles. The molecule has 1 saturated carbocycles. The van der Waals surface area contributed by atoms with E-state index in [4.69, 9.17) is 5.11 Å². The molecule has 24 heavy (non-hydrogen) atoms. The van der Waals surface area contributed by atoms with Gasteiger partial charge in [0, 0.05) is 37.6 Å². The Morgan fingerprint density at radius 2 is 1.42 bits per heavy atom. The molecule has 7 nitrogen and oxygen atoms in total. The zero-order valence-electron chi connectivity index (χ0n) is 14.9. The van der Waals surface area contributed by atoms with Crippen molar-refractivity contribution in [3.8, 4) is 0 Å². The van der Waals surface area contributed by atoms with Gasteiger partial charge < -0.3 is 20.2 Å². The Hall–Kier alpha value is -1.79. The second-order valence-corrected chi connectivity index (χ2v) is 7.87. The fourth-order valence-corrected chi connectivity index (χ4v) is 3.34. The highest BCUT2D eigenvalue weighted by molar-refractivity contribution is 5.82. The van der Waals surface area contributed by atoms with Crippen LogP contribution in [-0.2, 0) is 9.59 Å². The number of nitrogens with one attached hydrogen (secondary N) is 1.